The van der Waals surface area contributed by atoms with Gasteiger partial charge in [-0.25, -0.2) is 14.8 Å². The van der Waals surface area contributed by atoms with Crippen molar-refractivity contribution in [3.63, 3.8) is 0 Å². The second-order valence-electron chi connectivity index (χ2n) is 5.90. The van der Waals surface area contributed by atoms with Crippen LogP contribution in [-0.2, 0) is 0 Å². The Kier molecular flexibility index (Phi) is 6.61. The third kappa shape index (κ3) is 4.76. The van der Waals surface area contributed by atoms with Gasteiger partial charge in [0.05, 0.1) is 11.3 Å². The van der Waals surface area contributed by atoms with E-state index in [2.05, 4.69) is 29.0 Å². The summed E-state index contributed by atoms with van der Waals surface area (Å²) in [4.78, 5) is 20.2. The highest BCUT2D eigenvalue weighted by Crippen LogP contribution is 2.23. The summed E-state index contributed by atoms with van der Waals surface area (Å²) < 4.78 is 0. The van der Waals surface area contributed by atoms with Crippen molar-refractivity contribution >= 4 is 11.5 Å². The minimum Gasteiger partial charge on any atom is -0.478 e. The number of carboxylic acid groups (broad SMARTS) is 1. The molecule has 0 spiro atoms. The zero-order valence-electron chi connectivity index (χ0n) is 15.7. The van der Waals surface area contributed by atoms with E-state index >= 15 is 0 Å². The highest BCUT2D eigenvalue weighted by atomic mass is 16.4. The molecule has 4 nitrogen and oxygen atoms in total. The fraction of sp³-hybridized carbons (Fsp3) is 0.227. The molecule has 1 N–H and O–H groups in total. The SMILES string of the molecule is CC.CC1=CC(c2ccnc(-c3cc(C)cc(C(=O)O)c3)n2)=CC=CC1. The summed E-state index contributed by atoms with van der Waals surface area (Å²) in [5, 5.41) is 9.23. The van der Waals surface area contributed by atoms with Gasteiger partial charge in [-0.15, -0.1) is 0 Å². The van der Waals surface area contributed by atoms with Crippen molar-refractivity contribution in [2.24, 2.45) is 0 Å². The molecule has 3 rings (SSSR count). The Bertz CT molecular complexity index is 893. The van der Waals surface area contributed by atoms with Crippen molar-refractivity contribution in [2.75, 3.05) is 0 Å². The van der Waals surface area contributed by atoms with E-state index in [4.69, 9.17) is 0 Å². The Labute approximate surface area is 154 Å². The van der Waals surface area contributed by atoms with Gasteiger partial charge in [0.25, 0.3) is 0 Å². The first kappa shape index (κ1) is 19.3. The maximum atomic E-state index is 11.3. The summed E-state index contributed by atoms with van der Waals surface area (Å²) in [6.07, 6.45) is 10.9. The molecule has 1 heterocycles. The van der Waals surface area contributed by atoms with Crippen LogP contribution in [0.5, 0.6) is 0 Å². The van der Waals surface area contributed by atoms with E-state index in [0.29, 0.717) is 11.4 Å². The number of hydrogen-bond acceptors (Lipinski definition) is 3. The molecular weight excluding hydrogens is 324 g/mol. The van der Waals surface area contributed by atoms with Crippen LogP contribution in [0.4, 0.5) is 0 Å². The fourth-order valence-corrected chi connectivity index (χ4v) is 2.65. The van der Waals surface area contributed by atoms with Gasteiger partial charge in [0, 0.05) is 17.3 Å². The maximum absolute atomic E-state index is 11.3. The van der Waals surface area contributed by atoms with Crippen molar-refractivity contribution in [3.05, 3.63) is 77.2 Å². The predicted octanol–water partition coefficient (Wildman–Crippen LogP) is 5.47. The Morgan fingerprint density at radius 1 is 1.15 bits per heavy atom. The highest BCUT2D eigenvalue weighted by molar-refractivity contribution is 5.89. The Balaban J connectivity index is 0.00000117. The van der Waals surface area contributed by atoms with E-state index in [1.54, 1.807) is 18.3 Å². The number of nitrogens with zero attached hydrogens (tertiary/aromatic N) is 2. The molecule has 1 aromatic heterocycles. The molecule has 0 atom stereocenters. The number of carbonyl (C=O) groups is 1. The molecule has 0 saturated carbocycles. The van der Waals surface area contributed by atoms with Crippen molar-refractivity contribution in [2.45, 2.75) is 34.1 Å². The van der Waals surface area contributed by atoms with E-state index in [1.807, 2.05) is 45.1 Å². The van der Waals surface area contributed by atoms with Gasteiger partial charge in [0.2, 0.25) is 0 Å². The second kappa shape index (κ2) is 8.90. The molecule has 2 aromatic rings. The van der Waals surface area contributed by atoms with Gasteiger partial charge in [0.1, 0.15) is 0 Å². The largest absolute Gasteiger partial charge is 0.478 e. The van der Waals surface area contributed by atoms with Crippen molar-refractivity contribution in [3.8, 4) is 11.4 Å². The standard InChI is InChI=1S/C20H18N2O2.C2H6/c1-13-5-3-4-6-15(9-13)18-7-8-21-19(22-18)16-10-14(2)11-17(12-16)20(23)24;1-2/h3-4,6-12H,5H2,1-2H3,(H,23,24);1-2H3. The molecule has 0 amide bonds. The number of aromatic nitrogens is 2. The molecule has 0 radical (unpaired) electrons. The molecule has 134 valence electrons. The summed E-state index contributed by atoms with van der Waals surface area (Å²) >= 11 is 0. The smallest absolute Gasteiger partial charge is 0.335 e. The number of rotatable bonds is 3. The van der Waals surface area contributed by atoms with E-state index < -0.39 is 5.97 Å². The number of hydrogen-bond donors (Lipinski definition) is 1. The number of carboxylic acids is 1. The first-order valence-electron chi connectivity index (χ1n) is 8.76. The van der Waals surface area contributed by atoms with Crippen molar-refractivity contribution < 1.29 is 9.90 Å². The molecule has 26 heavy (non-hydrogen) atoms. The molecular formula is C22H24N2O2. The van der Waals surface area contributed by atoms with E-state index in [-0.39, 0.29) is 5.56 Å². The Morgan fingerprint density at radius 2 is 1.92 bits per heavy atom. The molecule has 4 heteroatoms. The lowest BCUT2D eigenvalue weighted by atomic mass is 10.1. The van der Waals surface area contributed by atoms with Crippen molar-refractivity contribution in [1.29, 1.82) is 0 Å². The molecule has 0 saturated heterocycles. The zero-order chi connectivity index (χ0) is 19.1. The third-order valence-electron chi connectivity index (χ3n) is 3.79. The lowest BCUT2D eigenvalue weighted by Gasteiger charge is -2.07. The molecule has 0 unspecified atom stereocenters. The van der Waals surface area contributed by atoms with E-state index in [9.17, 15) is 9.90 Å². The summed E-state index contributed by atoms with van der Waals surface area (Å²) in [5.41, 5.74) is 4.93. The summed E-state index contributed by atoms with van der Waals surface area (Å²) in [6.45, 7) is 7.95. The summed E-state index contributed by atoms with van der Waals surface area (Å²) in [7, 11) is 0. The van der Waals surface area contributed by atoms with Gasteiger partial charge in [-0.05, 0) is 50.1 Å². The number of aromatic carboxylic acids is 1. The average Bonchev–Trinajstić information content (AvgIpc) is 2.87. The normalized spacial score (nSPS) is 13.1. The second-order valence-corrected chi connectivity index (χ2v) is 5.90. The lowest BCUT2D eigenvalue weighted by Crippen LogP contribution is -1.99. The fourth-order valence-electron chi connectivity index (χ4n) is 2.65. The Hall–Kier alpha value is -3.01. The molecule has 0 bridgehead atoms. The molecule has 0 aliphatic heterocycles. The quantitative estimate of drug-likeness (QED) is 0.799. The van der Waals surface area contributed by atoms with Gasteiger partial charge < -0.3 is 5.11 Å². The summed E-state index contributed by atoms with van der Waals surface area (Å²) in [5.74, 6) is -0.426. The highest BCUT2D eigenvalue weighted by Gasteiger charge is 2.10. The number of aryl methyl sites for hydroxylation is 1. The maximum Gasteiger partial charge on any atom is 0.335 e. The van der Waals surface area contributed by atoms with E-state index in [1.165, 1.54) is 5.57 Å². The van der Waals surface area contributed by atoms with Crippen LogP contribution < -0.4 is 0 Å². The van der Waals surface area contributed by atoms with Crippen molar-refractivity contribution in [1.82, 2.24) is 9.97 Å². The average molecular weight is 348 g/mol. The topological polar surface area (TPSA) is 63.1 Å². The molecule has 1 aliphatic rings. The first-order chi connectivity index (χ1) is 12.5. The van der Waals surface area contributed by atoms with Crippen LogP contribution in [0.3, 0.4) is 0 Å². The van der Waals surface area contributed by atoms with Crippen LogP contribution in [0.25, 0.3) is 17.0 Å². The number of benzene rings is 1. The van der Waals surface area contributed by atoms with Crippen LogP contribution in [0.15, 0.2) is 60.3 Å². The van der Waals surface area contributed by atoms with E-state index in [0.717, 1.165) is 23.3 Å². The van der Waals surface area contributed by atoms with Gasteiger partial charge in [-0.2, -0.15) is 0 Å². The van der Waals surface area contributed by atoms with Crippen LogP contribution in [-0.4, -0.2) is 21.0 Å². The minimum absolute atomic E-state index is 0.242. The Morgan fingerprint density at radius 3 is 2.65 bits per heavy atom. The summed E-state index contributed by atoms with van der Waals surface area (Å²) in [6, 6.07) is 7.01. The monoisotopic (exact) mass is 348 g/mol. The third-order valence-corrected chi connectivity index (χ3v) is 3.79. The number of allylic oxidation sites excluding steroid dienone is 6. The van der Waals surface area contributed by atoms with Crippen LogP contribution in [0, 0.1) is 6.92 Å². The van der Waals surface area contributed by atoms with Crippen LogP contribution in [0.1, 0.15) is 48.8 Å². The zero-order valence-corrected chi connectivity index (χ0v) is 15.7. The van der Waals surface area contributed by atoms with Gasteiger partial charge in [-0.1, -0.05) is 43.7 Å². The van der Waals surface area contributed by atoms with Crippen LogP contribution in [0.2, 0.25) is 0 Å². The molecule has 1 aliphatic carbocycles. The molecule has 0 fully saturated rings. The first-order valence-corrected chi connectivity index (χ1v) is 8.76. The lowest BCUT2D eigenvalue weighted by molar-refractivity contribution is 0.0697. The van der Waals surface area contributed by atoms with Gasteiger partial charge in [-0.3, -0.25) is 0 Å². The minimum atomic E-state index is -0.953. The van der Waals surface area contributed by atoms with Gasteiger partial charge >= 0.3 is 5.97 Å². The molecule has 1 aromatic carbocycles. The predicted molar refractivity (Wildman–Crippen MR) is 106 cm³/mol. The van der Waals surface area contributed by atoms with Gasteiger partial charge in [0.15, 0.2) is 5.82 Å². The van der Waals surface area contributed by atoms with Crippen LogP contribution >= 0.6 is 0 Å².